The zero-order valence-electron chi connectivity index (χ0n) is 13.0. The largest absolute Gasteiger partial charge is 0.326 e. The topological polar surface area (TPSA) is 78.5 Å². The lowest BCUT2D eigenvalue weighted by atomic mass is 10.0. The SMILES string of the molecule is CN(C)S(=O)(=O)c1cccc(NC(=O)CCC2CCNC2)c1. The number of sulfonamides is 1. The Bertz CT molecular complexity index is 623. The third kappa shape index (κ3) is 4.28. The van der Waals surface area contributed by atoms with Gasteiger partial charge in [-0.1, -0.05) is 6.07 Å². The number of hydrogen-bond acceptors (Lipinski definition) is 4. The molecule has 1 heterocycles. The van der Waals surface area contributed by atoms with Gasteiger partial charge in [0, 0.05) is 26.2 Å². The quantitative estimate of drug-likeness (QED) is 0.825. The number of carbonyl (C=O) groups excluding carboxylic acids is 1. The van der Waals surface area contributed by atoms with Crippen LogP contribution in [0.4, 0.5) is 5.69 Å². The standard InChI is InChI=1S/C15H23N3O3S/c1-18(2)22(20,21)14-5-3-4-13(10-14)17-15(19)7-6-12-8-9-16-11-12/h3-5,10,12,16H,6-9,11H2,1-2H3,(H,17,19). The number of nitrogens with zero attached hydrogens (tertiary/aromatic N) is 1. The van der Waals surface area contributed by atoms with Crippen LogP contribution in [0.1, 0.15) is 19.3 Å². The van der Waals surface area contributed by atoms with Gasteiger partial charge in [-0.2, -0.15) is 0 Å². The fourth-order valence-corrected chi connectivity index (χ4v) is 3.41. The van der Waals surface area contributed by atoms with E-state index in [9.17, 15) is 13.2 Å². The summed E-state index contributed by atoms with van der Waals surface area (Å²) in [4.78, 5) is 12.1. The highest BCUT2D eigenvalue weighted by atomic mass is 32.2. The van der Waals surface area contributed by atoms with Crippen molar-refractivity contribution < 1.29 is 13.2 Å². The van der Waals surface area contributed by atoms with Crippen molar-refractivity contribution in [3.05, 3.63) is 24.3 Å². The fraction of sp³-hybridized carbons (Fsp3) is 0.533. The molecule has 22 heavy (non-hydrogen) atoms. The molecule has 0 bridgehead atoms. The van der Waals surface area contributed by atoms with Gasteiger partial charge in [-0.25, -0.2) is 12.7 Å². The fourth-order valence-electron chi connectivity index (χ4n) is 2.46. The normalized spacial score (nSPS) is 18.6. The second kappa shape index (κ2) is 7.21. The van der Waals surface area contributed by atoms with E-state index in [4.69, 9.17) is 0 Å². The summed E-state index contributed by atoms with van der Waals surface area (Å²) < 4.78 is 25.3. The van der Waals surface area contributed by atoms with E-state index in [1.165, 1.54) is 26.2 Å². The summed E-state index contributed by atoms with van der Waals surface area (Å²) >= 11 is 0. The predicted octanol–water partition coefficient (Wildman–Crippen LogP) is 1.27. The Morgan fingerprint density at radius 3 is 2.82 bits per heavy atom. The predicted molar refractivity (Wildman–Crippen MR) is 86.2 cm³/mol. The molecule has 2 N–H and O–H groups in total. The zero-order chi connectivity index (χ0) is 16.2. The maximum Gasteiger partial charge on any atom is 0.242 e. The molecule has 1 aliphatic rings. The van der Waals surface area contributed by atoms with Crippen molar-refractivity contribution in [1.29, 1.82) is 0 Å². The highest BCUT2D eigenvalue weighted by molar-refractivity contribution is 7.89. The Morgan fingerprint density at radius 1 is 1.41 bits per heavy atom. The minimum absolute atomic E-state index is 0.0775. The van der Waals surface area contributed by atoms with Crippen molar-refractivity contribution in [2.45, 2.75) is 24.2 Å². The molecule has 0 radical (unpaired) electrons. The second-order valence-electron chi connectivity index (χ2n) is 5.76. The Morgan fingerprint density at radius 2 is 2.18 bits per heavy atom. The van der Waals surface area contributed by atoms with Crippen molar-refractivity contribution in [3.8, 4) is 0 Å². The molecule has 1 saturated heterocycles. The zero-order valence-corrected chi connectivity index (χ0v) is 13.8. The smallest absolute Gasteiger partial charge is 0.242 e. The molecule has 1 atom stereocenters. The Labute approximate surface area is 131 Å². The molecule has 0 saturated carbocycles. The molecule has 6 nitrogen and oxygen atoms in total. The molecule has 7 heteroatoms. The van der Waals surface area contributed by atoms with Crippen molar-refractivity contribution in [1.82, 2.24) is 9.62 Å². The van der Waals surface area contributed by atoms with E-state index in [0.717, 1.165) is 30.2 Å². The van der Waals surface area contributed by atoms with Crippen LogP contribution in [0, 0.1) is 5.92 Å². The highest BCUT2D eigenvalue weighted by Gasteiger charge is 2.18. The maximum absolute atomic E-state index is 12.1. The van der Waals surface area contributed by atoms with Crippen molar-refractivity contribution in [2.24, 2.45) is 5.92 Å². The van der Waals surface area contributed by atoms with Crippen LogP contribution in [0.2, 0.25) is 0 Å². The van der Waals surface area contributed by atoms with Gasteiger partial charge in [0.05, 0.1) is 4.90 Å². The van der Waals surface area contributed by atoms with Crippen LogP contribution in [0.15, 0.2) is 29.2 Å². The maximum atomic E-state index is 12.1. The van der Waals surface area contributed by atoms with Gasteiger partial charge in [0.25, 0.3) is 0 Å². The number of rotatable bonds is 6. The number of amides is 1. The molecule has 0 spiro atoms. The van der Waals surface area contributed by atoms with Crippen LogP contribution in [-0.4, -0.2) is 45.8 Å². The summed E-state index contributed by atoms with van der Waals surface area (Å²) in [5, 5.41) is 6.05. The third-order valence-electron chi connectivity index (χ3n) is 3.84. The lowest BCUT2D eigenvalue weighted by molar-refractivity contribution is -0.116. The molecular weight excluding hydrogens is 302 g/mol. The van der Waals surface area contributed by atoms with Gasteiger partial charge in [0.1, 0.15) is 0 Å². The first-order chi connectivity index (χ1) is 10.4. The number of benzene rings is 1. The van der Waals surface area contributed by atoms with Crippen LogP contribution in [0.25, 0.3) is 0 Å². The lowest BCUT2D eigenvalue weighted by Gasteiger charge is -2.13. The van der Waals surface area contributed by atoms with E-state index in [2.05, 4.69) is 10.6 Å². The minimum Gasteiger partial charge on any atom is -0.326 e. The van der Waals surface area contributed by atoms with Crippen LogP contribution < -0.4 is 10.6 Å². The molecule has 2 rings (SSSR count). The summed E-state index contributed by atoms with van der Waals surface area (Å²) in [7, 11) is -0.522. The van der Waals surface area contributed by atoms with Crippen LogP contribution >= 0.6 is 0 Å². The summed E-state index contributed by atoms with van der Waals surface area (Å²) in [5.41, 5.74) is 0.512. The summed E-state index contributed by atoms with van der Waals surface area (Å²) in [5.74, 6) is 0.484. The second-order valence-corrected chi connectivity index (χ2v) is 7.91. The van der Waals surface area contributed by atoms with Gasteiger partial charge in [0.15, 0.2) is 0 Å². The molecule has 1 unspecified atom stereocenters. The molecule has 1 fully saturated rings. The first kappa shape index (κ1) is 16.9. The van der Waals surface area contributed by atoms with Gasteiger partial charge in [-0.3, -0.25) is 4.79 Å². The van der Waals surface area contributed by atoms with Gasteiger partial charge < -0.3 is 10.6 Å². The molecule has 122 valence electrons. The first-order valence-electron chi connectivity index (χ1n) is 7.43. The van der Waals surface area contributed by atoms with Gasteiger partial charge in [-0.05, 0) is 50.0 Å². The van der Waals surface area contributed by atoms with E-state index in [1.54, 1.807) is 12.1 Å². The van der Waals surface area contributed by atoms with Crippen molar-refractivity contribution in [3.63, 3.8) is 0 Å². The summed E-state index contributed by atoms with van der Waals surface area (Å²) in [6, 6.07) is 6.34. The average molecular weight is 325 g/mol. The molecule has 1 aliphatic heterocycles. The first-order valence-corrected chi connectivity index (χ1v) is 8.87. The molecular formula is C15H23N3O3S. The Hall–Kier alpha value is -1.44. The molecule has 1 aromatic carbocycles. The summed E-state index contributed by atoms with van der Waals surface area (Å²) in [6.07, 6.45) is 2.43. The van der Waals surface area contributed by atoms with E-state index >= 15 is 0 Å². The van der Waals surface area contributed by atoms with Crippen LogP contribution in [0.3, 0.4) is 0 Å². The van der Waals surface area contributed by atoms with E-state index in [-0.39, 0.29) is 10.8 Å². The number of anilines is 1. The number of nitrogens with one attached hydrogen (secondary N) is 2. The van der Waals surface area contributed by atoms with E-state index in [1.807, 2.05) is 0 Å². The molecule has 0 aromatic heterocycles. The van der Waals surface area contributed by atoms with Gasteiger partial charge in [-0.15, -0.1) is 0 Å². The Balaban J connectivity index is 1.96. The van der Waals surface area contributed by atoms with Crippen LogP contribution in [-0.2, 0) is 14.8 Å². The lowest BCUT2D eigenvalue weighted by Crippen LogP contribution is -2.22. The highest BCUT2D eigenvalue weighted by Crippen LogP contribution is 2.19. The summed E-state index contributed by atoms with van der Waals surface area (Å²) in [6.45, 7) is 2.00. The van der Waals surface area contributed by atoms with E-state index in [0.29, 0.717) is 18.0 Å². The Kier molecular flexibility index (Phi) is 5.55. The molecule has 1 amide bonds. The molecule has 1 aromatic rings. The number of carbonyl (C=O) groups is 1. The van der Waals surface area contributed by atoms with Crippen molar-refractivity contribution in [2.75, 3.05) is 32.5 Å². The van der Waals surface area contributed by atoms with Crippen LogP contribution in [0.5, 0.6) is 0 Å². The van der Waals surface area contributed by atoms with Gasteiger partial charge in [0.2, 0.25) is 15.9 Å². The third-order valence-corrected chi connectivity index (χ3v) is 5.65. The molecule has 0 aliphatic carbocycles. The van der Waals surface area contributed by atoms with Crippen molar-refractivity contribution >= 4 is 21.6 Å². The minimum atomic E-state index is -3.49. The van der Waals surface area contributed by atoms with E-state index < -0.39 is 10.0 Å². The average Bonchev–Trinajstić information content (AvgIpc) is 2.98. The monoisotopic (exact) mass is 325 g/mol. The van der Waals surface area contributed by atoms with Gasteiger partial charge >= 0.3 is 0 Å². The number of hydrogen-bond donors (Lipinski definition) is 2.